The van der Waals surface area contributed by atoms with Crippen LogP contribution in [0.4, 0.5) is 0 Å². The van der Waals surface area contributed by atoms with Gasteiger partial charge < -0.3 is 14.6 Å². The van der Waals surface area contributed by atoms with Gasteiger partial charge in [0.15, 0.2) is 0 Å². The fourth-order valence-corrected chi connectivity index (χ4v) is 1.17. The molecule has 1 rings (SSSR count). The van der Waals surface area contributed by atoms with Crippen LogP contribution in [-0.4, -0.2) is 25.9 Å². The highest BCUT2D eigenvalue weighted by molar-refractivity contribution is 5.40. The van der Waals surface area contributed by atoms with Crippen molar-refractivity contribution in [2.45, 2.75) is 5.92 Å². The van der Waals surface area contributed by atoms with Crippen molar-refractivity contribution in [3.8, 4) is 11.5 Å². The van der Waals surface area contributed by atoms with Crippen LogP contribution in [0.15, 0.2) is 18.2 Å². The van der Waals surface area contributed by atoms with Gasteiger partial charge in [0, 0.05) is 18.6 Å². The Labute approximate surface area is 84.3 Å². The lowest BCUT2D eigenvalue weighted by Gasteiger charge is -2.12. The van der Waals surface area contributed by atoms with E-state index in [-0.39, 0.29) is 12.5 Å². The molecule has 0 heterocycles. The number of rotatable bonds is 4. The predicted molar refractivity (Wildman–Crippen MR) is 54.7 cm³/mol. The molecule has 1 atom stereocenters. The van der Waals surface area contributed by atoms with E-state index >= 15 is 0 Å². The SMILES string of the molecule is [CH2]C(CO)c1cc(OC)cc(OC)c1. The summed E-state index contributed by atoms with van der Waals surface area (Å²) in [5.41, 5.74) is 0.906. The maximum absolute atomic E-state index is 8.97. The second-order valence-electron chi connectivity index (χ2n) is 3.03. The minimum atomic E-state index is -0.154. The van der Waals surface area contributed by atoms with Crippen molar-refractivity contribution in [1.29, 1.82) is 0 Å². The number of benzene rings is 1. The summed E-state index contributed by atoms with van der Waals surface area (Å²) in [5, 5.41) is 8.97. The average Bonchev–Trinajstić information content (AvgIpc) is 2.27. The van der Waals surface area contributed by atoms with E-state index in [9.17, 15) is 0 Å². The van der Waals surface area contributed by atoms with Gasteiger partial charge in [-0.25, -0.2) is 0 Å². The van der Waals surface area contributed by atoms with Crippen LogP contribution in [-0.2, 0) is 0 Å². The van der Waals surface area contributed by atoms with Gasteiger partial charge in [0.1, 0.15) is 11.5 Å². The third kappa shape index (κ3) is 2.39. The van der Waals surface area contributed by atoms with Gasteiger partial charge in [-0.2, -0.15) is 0 Å². The van der Waals surface area contributed by atoms with Crippen LogP contribution in [0.1, 0.15) is 11.5 Å². The summed E-state index contributed by atoms with van der Waals surface area (Å²) >= 11 is 0. The Morgan fingerprint density at radius 2 is 1.71 bits per heavy atom. The Morgan fingerprint density at radius 3 is 2.07 bits per heavy atom. The van der Waals surface area contributed by atoms with E-state index in [2.05, 4.69) is 6.92 Å². The van der Waals surface area contributed by atoms with Crippen molar-refractivity contribution in [2.75, 3.05) is 20.8 Å². The van der Waals surface area contributed by atoms with Crippen LogP contribution in [0.3, 0.4) is 0 Å². The van der Waals surface area contributed by atoms with Gasteiger partial charge in [-0.15, -0.1) is 0 Å². The molecule has 0 saturated heterocycles. The highest BCUT2D eigenvalue weighted by Gasteiger charge is 2.07. The van der Waals surface area contributed by atoms with E-state index in [0.29, 0.717) is 11.5 Å². The molecule has 77 valence electrons. The molecule has 1 aromatic carbocycles. The summed E-state index contributed by atoms with van der Waals surface area (Å²) in [7, 11) is 3.19. The van der Waals surface area contributed by atoms with E-state index in [1.165, 1.54) is 0 Å². The number of methoxy groups -OCH3 is 2. The number of aliphatic hydroxyl groups excluding tert-OH is 1. The van der Waals surface area contributed by atoms with Crippen LogP contribution in [0.25, 0.3) is 0 Å². The monoisotopic (exact) mass is 195 g/mol. The van der Waals surface area contributed by atoms with Crippen molar-refractivity contribution in [1.82, 2.24) is 0 Å². The molecule has 1 N–H and O–H groups in total. The van der Waals surface area contributed by atoms with E-state index in [1.54, 1.807) is 20.3 Å². The molecule has 0 fully saturated rings. The van der Waals surface area contributed by atoms with Crippen LogP contribution in [0.2, 0.25) is 0 Å². The maximum atomic E-state index is 8.97. The molecule has 0 aliphatic rings. The third-order valence-corrected chi connectivity index (χ3v) is 2.07. The summed E-state index contributed by atoms with van der Waals surface area (Å²) in [5.74, 6) is 1.27. The Hall–Kier alpha value is -1.22. The average molecular weight is 195 g/mol. The van der Waals surface area contributed by atoms with Crippen molar-refractivity contribution >= 4 is 0 Å². The molecule has 0 aromatic heterocycles. The van der Waals surface area contributed by atoms with Gasteiger partial charge in [-0.3, -0.25) is 0 Å². The van der Waals surface area contributed by atoms with Gasteiger partial charge in [0.2, 0.25) is 0 Å². The summed E-state index contributed by atoms with van der Waals surface area (Å²) in [6.45, 7) is 3.83. The van der Waals surface area contributed by atoms with E-state index in [1.807, 2.05) is 12.1 Å². The van der Waals surface area contributed by atoms with Crippen molar-refractivity contribution in [3.05, 3.63) is 30.7 Å². The molecule has 0 amide bonds. The van der Waals surface area contributed by atoms with Crippen LogP contribution in [0, 0.1) is 6.92 Å². The normalized spacial score (nSPS) is 12.3. The van der Waals surface area contributed by atoms with Gasteiger partial charge >= 0.3 is 0 Å². The molecular weight excluding hydrogens is 180 g/mol. The quantitative estimate of drug-likeness (QED) is 0.793. The molecule has 14 heavy (non-hydrogen) atoms. The molecular formula is C11H15O3. The number of ether oxygens (including phenoxy) is 2. The number of hydrogen-bond acceptors (Lipinski definition) is 3. The first-order valence-electron chi connectivity index (χ1n) is 4.38. The minimum absolute atomic E-state index is 0.0102. The second-order valence-corrected chi connectivity index (χ2v) is 3.03. The second kappa shape index (κ2) is 4.86. The first kappa shape index (κ1) is 10.9. The molecule has 1 unspecified atom stereocenters. The zero-order valence-corrected chi connectivity index (χ0v) is 8.49. The zero-order chi connectivity index (χ0) is 10.6. The van der Waals surface area contributed by atoms with E-state index < -0.39 is 0 Å². The summed E-state index contributed by atoms with van der Waals surface area (Å²) in [6, 6.07) is 5.47. The van der Waals surface area contributed by atoms with Gasteiger partial charge in [0.05, 0.1) is 14.2 Å². The molecule has 1 aromatic rings. The van der Waals surface area contributed by atoms with E-state index in [0.717, 1.165) is 5.56 Å². The third-order valence-electron chi connectivity index (χ3n) is 2.07. The largest absolute Gasteiger partial charge is 0.497 e. The fourth-order valence-electron chi connectivity index (χ4n) is 1.17. The topological polar surface area (TPSA) is 38.7 Å². The molecule has 0 bridgehead atoms. The molecule has 0 aliphatic heterocycles. The maximum Gasteiger partial charge on any atom is 0.122 e. The fraction of sp³-hybridized carbons (Fsp3) is 0.364. The summed E-state index contributed by atoms with van der Waals surface area (Å²) < 4.78 is 10.2. The smallest absolute Gasteiger partial charge is 0.122 e. The first-order valence-corrected chi connectivity index (χ1v) is 4.38. The molecule has 0 saturated carbocycles. The van der Waals surface area contributed by atoms with Crippen molar-refractivity contribution in [2.24, 2.45) is 0 Å². The predicted octanol–water partition coefficient (Wildman–Crippen LogP) is 1.61. The zero-order valence-electron chi connectivity index (χ0n) is 8.49. The minimum Gasteiger partial charge on any atom is -0.497 e. The molecule has 1 radical (unpaired) electrons. The Bertz CT molecular complexity index is 274. The van der Waals surface area contributed by atoms with Gasteiger partial charge in [0.25, 0.3) is 0 Å². The lowest BCUT2D eigenvalue weighted by Crippen LogP contribution is -2.00. The van der Waals surface area contributed by atoms with Crippen molar-refractivity contribution in [3.63, 3.8) is 0 Å². The number of aliphatic hydroxyl groups is 1. The van der Waals surface area contributed by atoms with Crippen LogP contribution >= 0.6 is 0 Å². The molecule has 0 spiro atoms. The summed E-state index contributed by atoms with van der Waals surface area (Å²) in [4.78, 5) is 0. The van der Waals surface area contributed by atoms with Gasteiger partial charge in [-0.1, -0.05) is 0 Å². The lowest BCUT2D eigenvalue weighted by molar-refractivity contribution is 0.282. The first-order chi connectivity index (χ1) is 6.71. The van der Waals surface area contributed by atoms with Crippen LogP contribution < -0.4 is 9.47 Å². The van der Waals surface area contributed by atoms with E-state index in [4.69, 9.17) is 14.6 Å². The Balaban J connectivity index is 3.04. The Kier molecular flexibility index (Phi) is 3.77. The van der Waals surface area contributed by atoms with Gasteiger partial charge in [-0.05, 0) is 24.6 Å². The van der Waals surface area contributed by atoms with Crippen LogP contribution in [0.5, 0.6) is 11.5 Å². The lowest BCUT2D eigenvalue weighted by atomic mass is 10.0. The standard InChI is InChI=1S/C11H15O3/c1-8(7-12)9-4-10(13-2)6-11(5-9)14-3/h4-6,8,12H,1,7H2,2-3H3. The molecule has 0 aliphatic carbocycles. The molecule has 3 heteroatoms. The number of hydrogen-bond donors (Lipinski definition) is 1. The summed E-state index contributed by atoms with van der Waals surface area (Å²) in [6.07, 6.45) is 0. The van der Waals surface area contributed by atoms with Crippen molar-refractivity contribution < 1.29 is 14.6 Å². The highest BCUT2D eigenvalue weighted by atomic mass is 16.5. The molecule has 3 nitrogen and oxygen atoms in total. The Morgan fingerprint density at radius 1 is 1.21 bits per heavy atom. The highest BCUT2D eigenvalue weighted by Crippen LogP contribution is 2.26.